The molecular weight excluding hydrogens is 352 g/mol. The summed E-state index contributed by atoms with van der Waals surface area (Å²) < 4.78 is 6.16. The van der Waals surface area contributed by atoms with Crippen LogP contribution in [0.2, 0.25) is 0 Å². The minimum absolute atomic E-state index is 0.102. The van der Waals surface area contributed by atoms with Gasteiger partial charge in [0, 0.05) is 18.1 Å². The first-order valence-corrected chi connectivity index (χ1v) is 9.57. The van der Waals surface area contributed by atoms with Gasteiger partial charge in [0.2, 0.25) is 0 Å². The lowest BCUT2D eigenvalue weighted by Gasteiger charge is -2.46. The second-order valence-corrected chi connectivity index (χ2v) is 8.56. The van der Waals surface area contributed by atoms with E-state index in [0.29, 0.717) is 29.6 Å². The van der Waals surface area contributed by atoms with Crippen molar-refractivity contribution in [2.75, 3.05) is 0 Å². The summed E-state index contributed by atoms with van der Waals surface area (Å²) in [6.45, 7) is 0. The van der Waals surface area contributed by atoms with E-state index >= 15 is 0 Å². The molecule has 0 saturated heterocycles. The Bertz CT molecular complexity index is 814. The molecule has 1 aromatic rings. The van der Waals surface area contributed by atoms with Crippen molar-refractivity contribution in [3.63, 3.8) is 0 Å². The summed E-state index contributed by atoms with van der Waals surface area (Å²) in [4.78, 5) is 33.8. The summed E-state index contributed by atoms with van der Waals surface area (Å²) in [5, 5.41) is 22.2. The normalized spacial score (nSPS) is 38.0. The van der Waals surface area contributed by atoms with E-state index < -0.39 is 32.8 Å². The Hall–Kier alpha value is -2.51. The quantitative estimate of drug-likeness (QED) is 0.343. The molecule has 0 amide bonds. The zero-order valence-electron chi connectivity index (χ0n) is 14.7. The molecule has 142 valence electrons. The number of rotatable bonds is 4. The number of carbonyl (C=O) groups is 1. The minimum atomic E-state index is -0.722. The summed E-state index contributed by atoms with van der Waals surface area (Å²) in [5.41, 5.74) is -1.49. The molecule has 4 saturated carbocycles. The second kappa shape index (κ2) is 5.50. The number of non-ortho nitro benzene ring substituents is 2. The van der Waals surface area contributed by atoms with Gasteiger partial charge in [-0.2, -0.15) is 0 Å². The number of nitro benzene ring substituents is 2. The number of esters is 1. The first-order valence-electron chi connectivity index (χ1n) is 9.57. The van der Waals surface area contributed by atoms with Crippen LogP contribution in [0.1, 0.15) is 48.9 Å². The predicted molar refractivity (Wildman–Crippen MR) is 93.0 cm³/mol. The first kappa shape index (κ1) is 16.6. The van der Waals surface area contributed by atoms with Crippen molar-refractivity contribution in [1.29, 1.82) is 0 Å². The van der Waals surface area contributed by atoms with Crippen LogP contribution in [0.3, 0.4) is 0 Å². The molecule has 0 spiro atoms. The Morgan fingerprint density at radius 3 is 1.93 bits per heavy atom. The number of benzene rings is 1. The maximum atomic E-state index is 13.0. The molecule has 0 N–H and O–H groups in total. The Morgan fingerprint density at radius 2 is 1.44 bits per heavy atom. The van der Waals surface area contributed by atoms with E-state index in [1.54, 1.807) is 0 Å². The molecule has 4 atom stereocenters. The van der Waals surface area contributed by atoms with Gasteiger partial charge in [0.1, 0.15) is 5.60 Å². The number of ether oxygens (including phenoxy) is 1. The van der Waals surface area contributed by atoms with Crippen molar-refractivity contribution in [2.45, 2.75) is 44.1 Å². The Labute approximate surface area is 155 Å². The van der Waals surface area contributed by atoms with E-state index in [1.165, 1.54) is 12.8 Å². The fourth-order valence-electron chi connectivity index (χ4n) is 6.88. The zero-order chi connectivity index (χ0) is 18.9. The lowest BCUT2D eigenvalue weighted by atomic mass is 9.67. The summed E-state index contributed by atoms with van der Waals surface area (Å²) in [6, 6.07) is 3.04. The van der Waals surface area contributed by atoms with Crippen LogP contribution in [0.15, 0.2) is 18.2 Å². The van der Waals surface area contributed by atoms with Crippen LogP contribution in [-0.2, 0) is 4.74 Å². The van der Waals surface area contributed by atoms with Crippen LogP contribution in [0.5, 0.6) is 0 Å². The number of carbonyl (C=O) groups excluding carboxylic acids is 1. The monoisotopic (exact) mass is 372 g/mol. The number of nitrogens with zero attached hydrogens (tertiary/aromatic N) is 2. The van der Waals surface area contributed by atoms with Crippen molar-refractivity contribution in [3.05, 3.63) is 44.0 Å². The minimum Gasteiger partial charge on any atom is -0.455 e. The van der Waals surface area contributed by atoms with Crippen LogP contribution >= 0.6 is 0 Å². The Morgan fingerprint density at radius 1 is 0.926 bits per heavy atom. The number of nitro groups is 2. The average Bonchev–Trinajstić information content (AvgIpc) is 3.40. The third-order valence-corrected chi connectivity index (χ3v) is 7.59. The second-order valence-electron chi connectivity index (χ2n) is 8.56. The van der Waals surface area contributed by atoms with Crippen molar-refractivity contribution < 1.29 is 19.4 Å². The third-order valence-electron chi connectivity index (χ3n) is 7.59. The molecule has 4 bridgehead atoms. The largest absolute Gasteiger partial charge is 0.455 e. The van der Waals surface area contributed by atoms with E-state index in [9.17, 15) is 25.0 Å². The molecular formula is C19H20N2O6. The van der Waals surface area contributed by atoms with Gasteiger partial charge >= 0.3 is 5.97 Å². The summed E-state index contributed by atoms with van der Waals surface area (Å²) in [7, 11) is 0. The molecule has 4 aliphatic carbocycles. The number of fused-ring (bicyclic) bond motifs is 9. The van der Waals surface area contributed by atoms with Crippen LogP contribution in [0, 0.1) is 49.8 Å². The van der Waals surface area contributed by atoms with E-state index in [-0.39, 0.29) is 5.56 Å². The average molecular weight is 372 g/mol. The molecule has 0 radical (unpaired) electrons. The molecule has 27 heavy (non-hydrogen) atoms. The summed E-state index contributed by atoms with van der Waals surface area (Å²) >= 11 is 0. The molecule has 4 aliphatic rings. The first-order chi connectivity index (χ1) is 12.9. The van der Waals surface area contributed by atoms with Gasteiger partial charge in [-0.25, -0.2) is 4.79 Å². The number of hydrogen-bond donors (Lipinski definition) is 0. The summed E-state index contributed by atoms with van der Waals surface area (Å²) in [6.07, 6.45) is 6.71. The molecule has 4 fully saturated rings. The molecule has 0 unspecified atom stereocenters. The standard InChI is InChI=1S/C19H20N2O6/c22-18(12-7-15(20(23)24)9-16(8-12)21(25)26)27-19-13-3-1-10(5-13)17(19)11-2-4-14(19)6-11/h7-11,13-14,17H,1-6H2/t10-,11-,13-,14-,17?,19?/m0/s1. The highest BCUT2D eigenvalue weighted by Gasteiger charge is 2.71. The molecule has 0 heterocycles. The highest BCUT2D eigenvalue weighted by molar-refractivity contribution is 5.91. The van der Waals surface area contributed by atoms with Crippen molar-refractivity contribution in [3.8, 4) is 0 Å². The lowest BCUT2D eigenvalue weighted by molar-refractivity contribution is -0.394. The maximum absolute atomic E-state index is 13.0. The third kappa shape index (κ3) is 2.18. The van der Waals surface area contributed by atoms with Crippen LogP contribution < -0.4 is 0 Å². The van der Waals surface area contributed by atoms with E-state index in [0.717, 1.165) is 43.9 Å². The van der Waals surface area contributed by atoms with Crippen molar-refractivity contribution in [1.82, 2.24) is 0 Å². The van der Waals surface area contributed by atoms with Gasteiger partial charge in [0.05, 0.1) is 21.5 Å². The highest BCUT2D eigenvalue weighted by atomic mass is 16.6. The molecule has 0 aliphatic heterocycles. The predicted octanol–water partition coefficient (Wildman–Crippen LogP) is 3.87. The van der Waals surface area contributed by atoms with Crippen molar-refractivity contribution in [2.24, 2.45) is 29.6 Å². The fraction of sp³-hybridized carbons (Fsp3) is 0.632. The smallest absolute Gasteiger partial charge is 0.339 e. The van der Waals surface area contributed by atoms with E-state index in [1.807, 2.05) is 0 Å². The van der Waals surface area contributed by atoms with Gasteiger partial charge in [-0.1, -0.05) is 0 Å². The lowest BCUT2D eigenvalue weighted by Crippen LogP contribution is -2.51. The van der Waals surface area contributed by atoms with Gasteiger partial charge in [-0.15, -0.1) is 0 Å². The molecule has 8 nitrogen and oxygen atoms in total. The van der Waals surface area contributed by atoms with Gasteiger partial charge in [-0.3, -0.25) is 20.2 Å². The van der Waals surface area contributed by atoms with Crippen molar-refractivity contribution >= 4 is 17.3 Å². The van der Waals surface area contributed by atoms with Gasteiger partial charge in [0.15, 0.2) is 0 Å². The molecule has 0 aromatic heterocycles. The fourth-order valence-corrected chi connectivity index (χ4v) is 6.88. The van der Waals surface area contributed by atoms with Crippen LogP contribution in [-0.4, -0.2) is 21.4 Å². The van der Waals surface area contributed by atoms with E-state index in [4.69, 9.17) is 4.74 Å². The van der Waals surface area contributed by atoms with Gasteiger partial charge < -0.3 is 4.74 Å². The van der Waals surface area contributed by atoms with Crippen LogP contribution in [0.4, 0.5) is 11.4 Å². The van der Waals surface area contributed by atoms with Crippen LogP contribution in [0.25, 0.3) is 0 Å². The maximum Gasteiger partial charge on any atom is 0.339 e. The molecule has 1 aromatic carbocycles. The Balaban J connectivity index is 1.50. The molecule has 5 rings (SSSR count). The summed E-state index contributed by atoms with van der Waals surface area (Å²) in [5.74, 6) is 1.68. The van der Waals surface area contributed by atoms with Gasteiger partial charge in [0.25, 0.3) is 11.4 Å². The zero-order valence-corrected chi connectivity index (χ0v) is 14.7. The highest BCUT2D eigenvalue weighted by Crippen LogP contribution is 2.71. The van der Waals surface area contributed by atoms with E-state index in [2.05, 4.69) is 0 Å². The molecule has 8 heteroatoms. The Kier molecular flexibility index (Phi) is 3.39. The SMILES string of the molecule is O=C(OC12C([C@H]3CC[C@H]1C3)[C@H]1CC[C@H]2C1)c1cc([N+](=O)[O-])cc([N+](=O)[O-])c1. The van der Waals surface area contributed by atoms with Gasteiger partial charge in [-0.05, 0) is 62.2 Å². The number of hydrogen-bond acceptors (Lipinski definition) is 6. The topological polar surface area (TPSA) is 113 Å².